The normalized spacial score (nSPS) is 24.8. The third-order valence-corrected chi connectivity index (χ3v) is 13.9. The van der Waals surface area contributed by atoms with Gasteiger partial charge in [-0.2, -0.15) is 0 Å². The van der Waals surface area contributed by atoms with Crippen LogP contribution in [-0.4, -0.2) is 138 Å². The van der Waals surface area contributed by atoms with Crippen molar-refractivity contribution >= 4 is 47.5 Å². The number of carbonyl (C=O) groups excluding carboxylic acids is 8. The highest BCUT2D eigenvalue weighted by Crippen LogP contribution is 2.43. The first kappa shape index (κ1) is 50.8. The van der Waals surface area contributed by atoms with Crippen LogP contribution in [0.15, 0.2) is 170 Å². The molecule has 0 spiro atoms. The average molecular weight is 1030 g/mol. The van der Waals surface area contributed by atoms with E-state index in [4.69, 9.17) is 33.2 Å². The van der Waals surface area contributed by atoms with Crippen LogP contribution in [0.2, 0.25) is 0 Å². The Bertz CT molecular complexity index is 3110. The Labute approximate surface area is 434 Å². The summed E-state index contributed by atoms with van der Waals surface area (Å²) in [4.78, 5) is 116. The minimum atomic E-state index is -1.91. The highest BCUT2D eigenvalue weighted by Gasteiger charge is 2.60. The van der Waals surface area contributed by atoms with Crippen LogP contribution in [0.1, 0.15) is 89.3 Å². The van der Waals surface area contributed by atoms with Crippen molar-refractivity contribution in [3.8, 4) is 0 Å². The number of benzene rings is 6. The van der Waals surface area contributed by atoms with Crippen molar-refractivity contribution in [1.29, 1.82) is 0 Å². The number of rotatable bonds is 15. The average Bonchev–Trinajstić information content (AvgIpc) is 3.90. The molecule has 0 radical (unpaired) electrons. The SMILES string of the molecule is CO[C@H]1OC(COC(=O)c2ccccc2)[C@@H](CC2OC(COC(=O)c3ccccc3)C(O)[C@H](OC(=O)c3ccccc3)[C@H]2N2C(=O)c3ccccc3C2=O)C(OC(=O)c2ccccc2)[C@@H]1N1C(=O)c2ccccc2C1=O. The number of carbonyl (C=O) groups is 8. The summed E-state index contributed by atoms with van der Waals surface area (Å²) in [5, 5.41) is 12.5. The molecule has 18 heteroatoms. The van der Waals surface area contributed by atoms with Gasteiger partial charge in [0.15, 0.2) is 12.4 Å². The highest BCUT2D eigenvalue weighted by molar-refractivity contribution is 6.22. The Hall–Kier alpha value is -8.68. The van der Waals surface area contributed by atoms with E-state index in [0.29, 0.717) is 0 Å². The first-order valence-corrected chi connectivity index (χ1v) is 24.4. The van der Waals surface area contributed by atoms with Crippen molar-refractivity contribution in [3.63, 3.8) is 0 Å². The van der Waals surface area contributed by atoms with Crippen molar-refractivity contribution in [2.75, 3.05) is 20.3 Å². The van der Waals surface area contributed by atoms with Gasteiger partial charge in [-0.25, -0.2) is 19.2 Å². The van der Waals surface area contributed by atoms with Gasteiger partial charge in [0.25, 0.3) is 23.6 Å². The molecule has 4 heterocycles. The third kappa shape index (κ3) is 9.89. The van der Waals surface area contributed by atoms with Crippen LogP contribution >= 0.6 is 0 Å². The highest BCUT2D eigenvalue weighted by atomic mass is 16.7. The second kappa shape index (κ2) is 22.0. The molecule has 10 atom stereocenters. The summed E-state index contributed by atoms with van der Waals surface area (Å²) in [6.07, 6.45) is -12.1. The molecule has 1 N–H and O–H groups in total. The molecule has 0 saturated carbocycles. The predicted molar refractivity (Wildman–Crippen MR) is 265 cm³/mol. The van der Waals surface area contributed by atoms with E-state index in [0.717, 1.165) is 9.80 Å². The molecule has 0 aromatic heterocycles. The number of ether oxygens (including phenoxy) is 7. The summed E-state index contributed by atoms with van der Waals surface area (Å²) in [6, 6.07) is 40.3. The van der Waals surface area contributed by atoms with Gasteiger partial charge in [0.05, 0.1) is 50.6 Å². The lowest BCUT2D eigenvalue weighted by molar-refractivity contribution is -0.268. The van der Waals surface area contributed by atoms with E-state index in [2.05, 4.69) is 0 Å². The fourth-order valence-electron chi connectivity index (χ4n) is 10.2. The lowest BCUT2D eigenvalue weighted by Gasteiger charge is -2.51. The second-order valence-corrected chi connectivity index (χ2v) is 18.3. The van der Waals surface area contributed by atoms with Gasteiger partial charge >= 0.3 is 23.9 Å². The number of esters is 4. The molecule has 10 rings (SSSR count). The molecular weight excluding hydrogens is 981 g/mol. The number of hydrogen-bond donors (Lipinski definition) is 1. The summed E-state index contributed by atoms with van der Waals surface area (Å²) in [7, 11) is 1.25. The number of amides is 4. The van der Waals surface area contributed by atoms with Crippen LogP contribution < -0.4 is 0 Å². The van der Waals surface area contributed by atoms with Gasteiger partial charge in [-0.05, 0) is 79.2 Å². The topological polar surface area (TPSA) is 228 Å². The van der Waals surface area contributed by atoms with E-state index in [1.807, 2.05) is 0 Å². The van der Waals surface area contributed by atoms with Crippen molar-refractivity contribution in [1.82, 2.24) is 9.80 Å². The van der Waals surface area contributed by atoms with Gasteiger partial charge in [-0.1, -0.05) is 97.1 Å². The fraction of sp³-hybridized carbons (Fsp3) is 0.241. The number of nitrogens with zero attached hydrogens (tertiary/aromatic N) is 2. The first-order valence-electron chi connectivity index (χ1n) is 24.4. The van der Waals surface area contributed by atoms with Gasteiger partial charge < -0.3 is 38.3 Å². The molecular formula is C58H48N2O16. The summed E-state index contributed by atoms with van der Waals surface area (Å²) in [5.41, 5.74) is 0.473. The van der Waals surface area contributed by atoms with Crippen LogP contribution in [0, 0.1) is 5.92 Å². The van der Waals surface area contributed by atoms with Crippen LogP contribution in [0.4, 0.5) is 0 Å². The number of fused-ring (bicyclic) bond motifs is 2. The third-order valence-electron chi connectivity index (χ3n) is 13.9. The molecule has 386 valence electrons. The zero-order chi connectivity index (χ0) is 53.0. The second-order valence-electron chi connectivity index (χ2n) is 18.3. The Morgan fingerprint density at radius 2 is 0.803 bits per heavy atom. The molecule has 18 nitrogen and oxygen atoms in total. The summed E-state index contributed by atoms with van der Waals surface area (Å²) in [5.74, 6) is -8.11. The molecule has 4 aliphatic heterocycles. The van der Waals surface area contributed by atoms with Crippen molar-refractivity contribution in [2.24, 2.45) is 5.92 Å². The Balaban J connectivity index is 1.12. The lowest BCUT2D eigenvalue weighted by Crippen LogP contribution is -2.69. The summed E-state index contributed by atoms with van der Waals surface area (Å²) >= 11 is 0. The Morgan fingerprint density at radius 3 is 1.21 bits per heavy atom. The van der Waals surface area contributed by atoms with Crippen molar-refractivity contribution in [2.45, 2.75) is 61.4 Å². The van der Waals surface area contributed by atoms with Crippen LogP contribution in [-0.2, 0) is 33.2 Å². The van der Waals surface area contributed by atoms with Crippen molar-refractivity contribution < 1.29 is 76.6 Å². The maximum absolute atomic E-state index is 14.7. The molecule has 0 bridgehead atoms. The number of methoxy groups -OCH3 is 1. The maximum Gasteiger partial charge on any atom is 0.338 e. The summed E-state index contributed by atoms with van der Waals surface area (Å²) in [6.45, 7) is -1.27. The quantitative estimate of drug-likeness (QED) is 0.0708. The first-order chi connectivity index (χ1) is 36.9. The van der Waals surface area contributed by atoms with E-state index >= 15 is 0 Å². The molecule has 5 unspecified atom stereocenters. The van der Waals surface area contributed by atoms with Crippen LogP contribution in [0.25, 0.3) is 0 Å². The molecule has 76 heavy (non-hydrogen) atoms. The van der Waals surface area contributed by atoms with Crippen molar-refractivity contribution in [3.05, 3.63) is 214 Å². The van der Waals surface area contributed by atoms with Gasteiger partial charge in [-0.15, -0.1) is 0 Å². The van der Waals surface area contributed by atoms with E-state index in [1.54, 1.807) is 97.1 Å². The monoisotopic (exact) mass is 1030 g/mol. The van der Waals surface area contributed by atoms with Gasteiger partial charge in [0.2, 0.25) is 0 Å². The Morgan fingerprint density at radius 1 is 0.447 bits per heavy atom. The smallest absolute Gasteiger partial charge is 0.338 e. The zero-order valence-corrected chi connectivity index (χ0v) is 40.5. The van der Waals surface area contributed by atoms with Crippen LogP contribution in [0.5, 0.6) is 0 Å². The Kier molecular flexibility index (Phi) is 14.7. The molecule has 2 fully saturated rings. The van der Waals surface area contributed by atoms with Gasteiger partial charge in [0.1, 0.15) is 49.7 Å². The minimum Gasteiger partial charge on any atom is -0.459 e. The fourth-order valence-corrected chi connectivity index (χ4v) is 10.2. The van der Waals surface area contributed by atoms with E-state index in [1.165, 1.54) is 79.9 Å². The maximum atomic E-state index is 14.7. The number of aliphatic hydroxyl groups excluding tert-OH is 1. The number of imide groups is 2. The van der Waals surface area contributed by atoms with E-state index in [-0.39, 0.29) is 44.5 Å². The summed E-state index contributed by atoms with van der Waals surface area (Å²) < 4.78 is 43.7. The lowest BCUT2D eigenvalue weighted by atomic mass is 9.79. The minimum absolute atomic E-state index is 0.0113. The number of aliphatic hydroxyl groups is 1. The van der Waals surface area contributed by atoms with E-state index < -0.39 is 128 Å². The number of hydrogen-bond acceptors (Lipinski definition) is 16. The molecule has 6 aromatic carbocycles. The molecule has 4 amide bonds. The molecule has 4 aliphatic rings. The zero-order valence-electron chi connectivity index (χ0n) is 40.5. The predicted octanol–water partition coefficient (Wildman–Crippen LogP) is 5.99. The molecule has 6 aromatic rings. The standard InChI is InChI=1S/C58H48N2O16/c1-70-58-46(60-52(64)39-28-16-17-29-40(39)53(60)65)48(75-56(68)35-22-10-4-11-23-35)41(43(74-58)31-71-54(66)33-18-6-2-7-19-33)30-42-45(59-50(62)37-26-14-15-27-38(37)51(59)63)49(76-57(69)36-24-12-5-13-25-36)47(61)44(73-42)32-72-55(67)34-20-8-3-9-21-34/h2-29,41-49,58,61H,30-32H2,1H3/t41-,42?,43?,44?,45+,46+,47?,48?,49-,58+/m1/s1. The van der Waals surface area contributed by atoms with Gasteiger partial charge in [-0.3, -0.25) is 29.0 Å². The molecule has 0 aliphatic carbocycles. The largest absolute Gasteiger partial charge is 0.459 e. The molecule has 2 saturated heterocycles. The van der Waals surface area contributed by atoms with Crippen LogP contribution in [0.3, 0.4) is 0 Å². The van der Waals surface area contributed by atoms with Gasteiger partial charge in [0, 0.05) is 13.0 Å². The van der Waals surface area contributed by atoms with E-state index in [9.17, 15) is 43.5 Å².